The van der Waals surface area contributed by atoms with Gasteiger partial charge in [-0.2, -0.15) is 0 Å². The van der Waals surface area contributed by atoms with Gasteiger partial charge in [-0.25, -0.2) is 0 Å². The molecule has 0 unspecified atom stereocenters. The van der Waals surface area contributed by atoms with Gasteiger partial charge in [-0.15, -0.1) is 11.3 Å². The fourth-order valence-electron chi connectivity index (χ4n) is 9.85. The molecule has 0 aliphatic heterocycles. The van der Waals surface area contributed by atoms with Crippen LogP contribution in [0.3, 0.4) is 0 Å². The van der Waals surface area contributed by atoms with E-state index in [-0.39, 0.29) is 10.8 Å². The monoisotopic (exact) mass is 715 g/mol. The van der Waals surface area contributed by atoms with Crippen molar-refractivity contribution in [3.8, 4) is 22.3 Å². The van der Waals surface area contributed by atoms with E-state index in [0.717, 1.165) is 0 Å². The average molecular weight is 716 g/mol. The van der Waals surface area contributed by atoms with Gasteiger partial charge in [0, 0.05) is 48.1 Å². The second-order valence-electron chi connectivity index (χ2n) is 16.0. The minimum absolute atomic E-state index is 0.0494. The molecule has 1 nitrogen and oxygen atoms in total. The first-order valence-electron chi connectivity index (χ1n) is 19.7. The van der Waals surface area contributed by atoms with Crippen LogP contribution in [0.25, 0.3) is 42.4 Å². The Morgan fingerprint density at radius 2 is 1.09 bits per heavy atom. The minimum atomic E-state index is -0.0963. The van der Waals surface area contributed by atoms with Crippen LogP contribution in [0.2, 0.25) is 0 Å². The van der Waals surface area contributed by atoms with Crippen molar-refractivity contribution in [2.45, 2.75) is 63.2 Å². The molecule has 8 aromatic rings. The SMILES string of the molecule is CC1(C)c2ccc(N(c3ccc(C4(c5ccccc5)CCCCCC4)cc3)c3ccc4c(c3)sc3ccccc34)cc2-c2c(-c3ccccc3)cccc21. The summed E-state index contributed by atoms with van der Waals surface area (Å²) in [6, 6.07) is 61.8. The number of nitrogens with zero attached hydrogens (tertiary/aromatic N) is 1. The van der Waals surface area contributed by atoms with Gasteiger partial charge in [-0.05, 0) is 99.8 Å². The van der Waals surface area contributed by atoms with Crippen LogP contribution in [-0.2, 0) is 10.8 Å². The third-order valence-corrected chi connectivity index (χ3v) is 13.7. The fraction of sp³-hybridized carbons (Fsp3) is 0.192. The topological polar surface area (TPSA) is 3.24 Å². The van der Waals surface area contributed by atoms with Gasteiger partial charge >= 0.3 is 0 Å². The Kier molecular flexibility index (Phi) is 8.07. The highest BCUT2D eigenvalue weighted by Crippen LogP contribution is 2.54. The Morgan fingerprint density at radius 3 is 1.87 bits per heavy atom. The average Bonchev–Trinajstić information content (AvgIpc) is 3.56. The fourth-order valence-corrected chi connectivity index (χ4v) is 11.0. The molecule has 10 rings (SSSR count). The van der Waals surface area contributed by atoms with Crippen molar-refractivity contribution >= 4 is 48.6 Å². The molecule has 0 spiro atoms. The zero-order chi connectivity index (χ0) is 36.3. The van der Waals surface area contributed by atoms with E-state index in [1.54, 1.807) is 0 Å². The highest BCUT2D eigenvalue weighted by Gasteiger charge is 2.38. The summed E-state index contributed by atoms with van der Waals surface area (Å²) in [4.78, 5) is 2.49. The van der Waals surface area contributed by atoms with Gasteiger partial charge in [0.05, 0.1) is 0 Å². The molecular weight excluding hydrogens is 671 g/mol. The molecule has 0 N–H and O–H groups in total. The van der Waals surface area contributed by atoms with E-state index < -0.39 is 0 Å². The minimum Gasteiger partial charge on any atom is -0.310 e. The molecule has 0 bridgehead atoms. The third-order valence-electron chi connectivity index (χ3n) is 12.6. The first-order chi connectivity index (χ1) is 26.5. The quantitative estimate of drug-likeness (QED) is 0.155. The van der Waals surface area contributed by atoms with Crippen LogP contribution in [0, 0.1) is 0 Å². The van der Waals surface area contributed by atoms with Crippen LogP contribution < -0.4 is 4.90 Å². The molecule has 0 amide bonds. The molecule has 0 radical (unpaired) electrons. The first kappa shape index (κ1) is 33.2. The van der Waals surface area contributed by atoms with Crippen LogP contribution in [0.15, 0.2) is 164 Å². The Morgan fingerprint density at radius 1 is 0.463 bits per heavy atom. The summed E-state index contributed by atoms with van der Waals surface area (Å²) in [6.45, 7) is 4.77. The number of anilines is 3. The summed E-state index contributed by atoms with van der Waals surface area (Å²) in [5.74, 6) is 0. The van der Waals surface area contributed by atoms with Gasteiger partial charge in [0.1, 0.15) is 0 Å². The maximum atomic E-state index is 2.49. The molecule has 264 valence electrons. The maximum absolute atomic E-state index is 2.49. The molecule has 7 aromatic carbocycles. The molecule has 1 fully saturated rings. The van der Waals surface area contributed by atoms with Gasteiger partial charge in [0.2, 0.25) is 0 Å². The number of benzene rings is 7. The highest BCUT2D eigenvalue weighted by molar-refractivity contribution is 7.25. The molecule has 2 aliphatic carbocycles. The predicted octanol–water partition coefficient (Wildman–Crippen LogP) is 15.1. The summed E-state index contributed by atoms with van der Waals surface area (Å²) < 4.78 is 2.65. The van der Waals surface area contributed by atoms with Gasteiger partial charge in [-0.3, -0.25) is 0 Å². The van der Waals surface area contributed by atoms with Crippen LogP contribution in [0.1, 0.15) is 74.6 Å². The van der Waals surface area contributed by atoms with Gasteiger partial charge in [-0.1, -0.05) is 161 Å². The van der Waals surface area contributed by atoms with E-state index in [0.29, 0.717) is 0 Å². The Hall–Kier alpha value is -5.44. The molecule has 2 heteroatoms. The lowest BCUT2D eigenvalue weighted by molar-refractivity contribution is 0.446. The lowest BCUT2D eigenvalue weighted by Crippen LogP contribution is -2.27. The largest absolute Gasteiger partial charge is 0.310 e. The molecular formula is C52H45NS. The Bertz CT molecular complexity index is 2620. The van der Waals surface area contributed by atoms with E-state index in [1.807, 2.05) is 11.3 Å². The van der Waals surface area contributed by atoms with Crippen molar-refractivity contribution in [2.24, 2.45) is 0 Å². The second kappa shape index (κ2) is 13.1. The normalized spacial score (nSPS) is 15.8. The molecule has 0 atom stereocenters. The lowest BCUT2D eigenvalue weighted by atomic mass is 9.69. The summed E-state index contributed by atoms with van der Waals surface area (Å²) in [7, 11) is 0. The third kappa shape index (κ3) is 5.34. The lowest BCUT2D eigenvalue weighted by Gasteiger charge is -2.35. The number of hydrogen-bond acceptors (Lipinski definition) is 2. The zero-order valence-electron chi connectivity index (χ0n) is 31.2. The summed E-state index contributed by atoms with van der Waals surface area (Å²) in [5, 5.41) is 2.66. The first-order valence-corrected chi connectivity index (χ1v) is 20.5. The maximum Gasteiger partial charge on any atom is 0.0476 e. The molecule has 1 aromatic heterocycles. The van der Waals surface area contributed by atoms with Gasteiger partial charge < -0.3 is 4.90 Å². The Balaban J connectivity index is 1.15. The highest BCUT2D eigenvalue weighted by atomic mass is 32.1. The zero-order valence-corrected chi connectivity index (χ0v) is 32.0. The van der Waals surface area contributed by atoms with E-state index in [9.17, 15) is 0 Å². The molecule has 2 aliphatic rings. The van der Waals surface area contributed by atoms with Crippen LogP contribution in [-0.4, -0.2) is 0 Å². The van der Waals surface area contributed by atoms with E-state index in [1.165, 1.54) is 120 Å². The van der Waals surface area contributed by atoms with E-state index in [4.69, 9.17) is 0 Å². The molecule has 1 heterocycles. The van der Waals surface area contributed by atoms with E-state index in [2.05, 4.69) is 183 Å². The predicted molar refractivity (Wildman–Crippen MR) is 232 cm³/mol. The van der Waals surface area contributed by atoms with Crippen molar-refractivity contribution < 1.29 is 0 Å². The smallest absolute Gasteiger partial charge is 0.0476 e. The Labute approximate surface area is 323 Å². The van der Waals surface area contributed by atoms with Crippen molar-refractivity contribution in [3.63, 3.8) is 0 Å². The van der Waals surface area contributed by atoms with Gasteiger partial charge in [0.25, 0.3) is 0 Å². The van der Waals surface area contributed by atoms with Crippen molar-refractivity contribution in [2.75, 3.05) is 4.90 Å². The summed E-state index contributed by atoms with van der Waals surface area (Å²) in [5.41, 5.74) is 14.4. The number of fused-ring (bicyclic) bond motifs is 6. The molecule has 1 saturated carbocycles. The van der Waals surface area contributed by atoms with Gasteiger partial charge in [0.15, 0.2) is 0 Å². The van der Waals surface area contributed by atoms with E-state index >= 15 is 0 Å². The number of thiophene rings is 1. The van der Waals surface area contributed by atoms with Crippen molar-refractivity contribution in [1.82, 2.24) is 0 Å². The van der Waals surface area contributed by atoms with Crippen molar-refractivity contribution in [3.05, 3.63) is 186 Å². The van der Waals surface area contributed by atoms with Crippen LogP contribution in [0.4, 0.5) is 17.1 Å². The standard InChI is InChI=1S/C52H45NS/c1-51(2)46-31-29-40(34-45(46)50-42(21-15-22-47(50)51)36-16-7-5-8-17-36)53(41-28-30-44-43-20-11-12-23-48(43)54-49(44)35-41)39-26-24-38(25-27-39)52(32-13-3-4-14-33-52)37-18-9-6-10-19-37/h5-12,15-31,34-35H,3-4,13-14,32-33H2,1-2H3. The number of hydrogen-bond donors (Lipinski definition) is 0. The van der Waals surface area contributed by atoms with Crippen LogP contribution >= 0.6 is 11.3 Å². The second-order valence-corrected chi connectivity index (χ2v) is 17.1. The summed E-state index contributed by atoms with van der Waals surface area (Å²) in [6.07, 6.45) is 7.60. The van der Waals surface area contributed by atoms with Crippen molar-refractivity contribution in [1.29, 1.82) is 0 Å². The summed E-state index contributed by atoms with van der Waals surface area (Å²) >= 11 is 1.89. The van der Waals surface area contributed by atoms with Crippen LogP contribution in [0.5, 0.6) is 0 Å². The molecule has 54 heavy (non-hydrogen) atoms. The molecule has 0 saturated heterocycles. The number of rotatable bonds is 6.